The Bertz CT molecular complexity index is 553. The molecule has 0 aliphatic carbocycles. The molecule has 1 saturated heterocycles. The van der Waals surface area contributed by atoms with Crippen LogP contribution in [0.2, 0.25) is 0 Å². The molecule has 2 unspecified atom stereocenters. The lowest BCUT2D eigenvalue weighted by atomic mass is 9.88. The van der Waals surface area contributed by atoms with Crippen LogP contribution in [0.15, 0.2) is 6.33 Å². The maximum Gasteiger partial charge on any atom is 0.150 e. The molecular weight excluding hydrogens is 288 g/mol. The Labute approximate surface area is 127 Å². The minimum Gasteiger partial charge on any atom is -0.319 e. The first-order valence-electron chi connectivity index (χ1n) is 7.63. The number of nitrogens with one attached hydrogen (secondary N) is 1. The van der Waals surface area contributed by atoms with E-state index in [1.807, 2.05) is 11.7 Å². The molecule has 7 heteroatoms. The van der Waals surface area contributed by atoms with Gasteiger partial charge in [-0.2, -0.15) is 5.10 Å². The van der Waals surface area contributed by atoms with Crippen molar-refractivity contribution in [1.82, 2.24) is 20.1 Å². The third-order valence-electron chi connectivity index (χ3n) is 4.08. The summed E-state index contributed by atoms with van der Waals surface area (Å²) in [6.07, 6.45) is 3.15. The number of rotatable bonds is 7. The monoisotopic (exact) mass is 314 g/mol. The third kappa shape index (κ3) is 4.51. The van der Waals surface area contributed by atoms with Gasteiger partial charge >= 0.3 is 0 Å². The fourth-order valence-electron chi connectivity index (χ4n) is 3.04. The van der Waals surface area contributed by atoms with E-state index in [0.717, 1.165) is 31.8 Å². The summed E-state index contributed by atoms with van der Waals surface area (Å²) in [5.74, 6) is 2.65. The van der Waals surface area contributed by atoms with Crippen molar-refractivity contribution in [1.29, 1.82) is 0 Å². The summed E-state index contributed by atoms with van der Waals surface area (Å²) in [5, 5.41) is 7.48. The Morgan fingerprint density at radius 3 is 2.81 bits per heavy atom. The van der Waals surface area contributed by atoms with Crippen LogP contribution in [0.5, 0.6) is 0 Å². The molecule has 21 heavy (non-hydrogen) atoms. The smallest absolute Gasteiger partial charge is 0.150 e. The van der Waals surface area contributed by atoms with Crippen LogP contribution in [0, 0.1) is 17.8 Å². The van der Waals surface area contributed by atoms with E-state index < -0.39 is 9.84 Å². The Morgan fingerprint density at radius 1 is 1.48 bits per heavy atom. The zero-order chi connectivity index (χ0) is 15.5. The van der Waals surface area contributed by atoms with E-state index in [4.69, 9.17) is 0 Å². The highest BCUT2D eigenvalue weighted by molar-refractivity contribution is 7.91. The van der Waals surface area contributed by atoms with Gasteiger partial charge in [-0.15, -0.1) is 0 Å². The maximum absolute atomic E-state index is 11.7. The molecule has 0 spiro atoms. The predicted molar refractivity (Wildman–Crippen MR) is 82.7 cm³/mol. The second kappa shape index (κ2) is 6.87. The first kappa shape index (κ1) is 16.4. The van der Waals surface area contributed by atoms with Crippen LogP contribution in [-0.2, 0) is 22.8 Å². The van der Waals surface area contributed by atoms with E-state index in [0.29, 0.717) is 23.3 Å². The number of sulfone groups is 1. The highest BCUT2D eigenvalue weighted by atomic mass is 32.2. The molecule has 0 bridgehead atoms. The van der Waals surface area contributed by atoms with Gasteiger partial charge in [0.25, 0.3) is 0 Å². The van der Waals surface area contributed by atoms with Crippen molar-refractivity contribution in [2.75, 3.05) is 25.1 Å². The second-order valence-electron chi connectivity index (χ2n) is 6.44. The van der Waals surface area contributed by atoms with Gasteiger partial charge in [-0.3, -0.25) is 0 Å². The summed E-state index contributed by atoms with van der Waals surface area (Å²) < 4.78 is 25.4. The molecule has 0 saturated carbocycles. The van der Waals surface area contributed by atoms with Gasteiger partial charge in [0.05, 0.1) is 11.5 Å². The molecule has 0 amide bonds. The first-order valence-corrected chi connectivity index (χ1v) is 9.45. The van der Waals surface area contributed by atoms with Gasteiger partial charge < -0.3 is 5.32 Å². The lowest BCUT2D eigenvalue weighted by Crippen LogP contribution is -2.30. The van der Waals surface area contributed by atoms with Crippen LogP contribution in [0.25, 0.3) is 0 Å². The molecule has 1 fully saturated rings. The van der Waals surface area contributed by atoms with Crippen molar-refractivity contribution < 1.29 is 8.42 Å². The molecular formula is C14H26N4O2S. The van der Waals surface area contributed by atoms with Gasteiger partial charge in [0, 0.05) is 13.0 Å². The molecule has 1 aromatic heterocycles. The average molecular weight is 314 g/mol. The molecule has 2 atom stereocenters. The van der Waals surface area contributed by atoms with Crippen molar-refractivity contribution in [2.24, 2.45) is 17.8 Å². The number of hydrogen-bond acceptors (Lipinski definition) is 5. The highest BCUT2D eigenvalue weighted by Gasteiger charge is 2.34. The van der Waals surface area contributed by atoms with Crippen LogP contribution in [0.4, 0.5) is 0 Å². The Kier molecular flexibility index (Phi) is 5.37. The topological polar surface area (TPSA) is 76.9 Å². The van der Waals surface area contributed by atoms with E-state index in [1.54, 1.807) is 6.33 Å². The molecule has 1 aliphatic rings. The predicted octanol–water partition coefficient (Wildman–Crippen LogP) is 0.747. The number of hydrogen-bond donors (Lipinski definition) is 1. The lowest BCUT2D eigenvalue weighted by molar-refractivity contribution is 0.336. The van der Waals surface area contributed by atoms with E-state index >= 15 is 0 Å². The van der Waals surface area contributed by atoms with Gasteiger partial charge in [-0.05, 0) is 37.8 Å². The molecule has 6 nitrogen and oxygen atoms in total. The van der Waals surface area contributed by atoms with Gasteiger partial charge in [0.1, 0.15) is 12.2 Å². The third-order valence-corrected chi connectivity index (χ3v) is 5.87. The van der Waals surface area contributed by atoms with Gasteiger partial charge in [-0.1, -0.05) is 13.8 Å². The van der Waals surface area contributed by atoms with Crippen LogP contribution >= 0.6 is 0 Å². The minimum atomic E-state index is -2.84. The van der Waals surface area contributed by atoms with Crippen molar-refractivity contribution in [3.8, 4) is 0 Å². The minimum absolute atomic E-state index is 0.228. The largest absolute Gasteiger partial charge is 0.319 e. The van der Waals surface area contributed by atoms with Crippen LogP contribution in [-0.4, -0.2) is 48.3 Å². The summed E-state index contributed by atoms with van der Waals surface area (Å²) in [6, 6.07) is 0. The number of nitrogens with zero attached hydrogens (tertiary/aromatic N) is 3. The van der Waals surface area contributed by atoms with Gasteiger partial charge in [0.15, 0.2) is 9.84 Å². The van der Waals surface area contributed by atoms with E-state index in [-0.39, 0.29) is 5.92 Å². The normalized spacial score (nSPS) is 22.8. The zero-order valence-corrected chi connectivity index (χ0v) is 13.9. The fourth-order valence-corrected chi connectivity index (χ4v) is 4.96. The van der Waals surface area contributed by atoms with Crippen LogP contribution in [0.3, 0.4) is 0 Å². The molecule has 0 aromatic carbocycles. The standard InChI is InChI=1S/C14H26N4O2S/c1-11(2)8-18-14(16-10-17-18)6-13(7-15-3)12-4-5-21(19,20)9-12/h10-13,15H,4-9H2,1-3H3. The first-order chi connectivity index (χ1) is 9.91. The second-order valence-corrected chi connectivity index (χ2v) is 8.67. The van der Waals surface area contributed by atoms with E-state index in [9.17, 15) is 8.42 Å². The molecule has 1 N–H and O–H groups in total. The molecule has 2 heterocycles. The number of aromatic nitrogens is 3. The lowest BCUT2D eigenvalue weighted by Gasteiger charge is -2.22. The van der Waals surface area contributed by atoms with Gasteiger partial charge in [-0.25, -0.2) is 18.1 Å². The summed E-state index contributed by atoms with van der Waals surface area (Å²) in [5.41, 5.74) is 0. The Morgan fingerprint density at radius 2 is 2.24 bits per heavy atom. The summed E-state index contributed by atoms with van der Waals surface area (Å²) in [4.78, 5) is 4.37. The molecule has 120 valence electrons. The molecule has 2 rings (SSSR count). The zero-order valence-electron chi connectivity index (χ0n) is 13.1. The Balaban J connectivity index is 2.08. The van der Waals surface area contributed by atoms with Crippen LogP contribution < -0.4 is 5.32 Å². The average Bonchev–Trinajstić information content (AvgIpc) is 2.95. The van der Waals surface area contributed by atoms with E-state index in [2.05, 4.69) is 29.2 Å². The van der Waals surface area contributed by atoms with Crippen molar-refractivity contribution >= 4 is 9.84 Å². The molecule has 1 aromatic rings. The summed E-state index contributed by atoms with van der Waals surface area (Å²) >= 11 is 0. The van der Waals surface area contributed by atoms with E-state index in [1.165, 1.54) is 0 Å². The fraction of sp³-hybridized carbons (Fsp3) is 0.857. The van der Waals surface area contributed by atoms with Crippen molar-refractivity contribution in [2.45, 2.75) is 33.2 Å². The maximum atomic E-state index is 11.7. The summed E-state index contributed by atoms with van der Waals surface area (Å²) in [6.45, 7) is 5.97. The molecule has 1 aliphatic heterocycles. The molecule has 0 radical (unpaired) electrons. The Hall–Kier alpha value is -0.950. The highest BCUT2D eigenvalue weighted by Crippen LogP contribution is 2.28. The van der Waals surface area contributed by atoms with Crippen molar-refractivity contribution in [3.05, 3.63) is 12.2 Å². The summed E-state index contributed by atoms with van der Waals surface area (Å²) in [7, 11) is -0.925. The SMILES string of the molecule is CNCC(Cc1ncnn1CC(C)C)C1CCS(=O)(=O)C1. The van der Waals surface area contributed by atoms with Crippen LogP contribution in [0.1, 0.15) is 26.1 Å². The van der Waals surface area contributed by atoms with Gasteiger partial charge in [0.2, 0.25) is 0 Å². The van der Waals surface area contributed by atoms with Crippen molar-refractivity contribution in [3.63, 3.8) is 0 Å². The quantitative estimate of drug-likeness (QED) is 0.803.